The van der Waals surface area contributed by atoms with Crippen LogP contribution in [0.25, 0.3) is 0 Å². The molecule has 1 atom stereocenters. The summed E-state index contributed by atoms with van der Waals surface area (Å²) >= 11 is 0. The van der Waals surface area contributed by atoms with Crippen LogP contribution >= 0.6 is 0 Å². The molecule has 13 heavy (non-hydrogen) atoms. The highest BCUT2D eigenvalue weighted by atomic mass is 16.5. The molecule has 0 spiro atoms. The lowest BCUT2D eigenvalue weighted by Crippen LogP contribution is -2.43. The molecule has 0 radical (unpaired) electrons. The first-order valence-electron chi connectivity index (χ1n) is 4.21. The van der Waals surface area contributed by atoms with Gasteiger partial charge in [-0.25, -0.2) is 0 Å². The Morgan fingerprint density at radius 1 is 1.54 bits per heavy atom. The molecule has 1 unspecified atom stereocenters. The second kappa shape index (κ2) is 3.21. The molecule has 1 aromatic rings. The van der Waals surface area contributed by atoms with E-state index >= 15 is 0 Å². The van der Waals surface area contributed by atoms with Gasteiger partial charge in [-0.3, -0.25) is 0 Å². The average molecular weight is 184 g/mol. The van der Waals surface area contributed by atoms with Crippen LogP contribution in [-0.2, 0) is 4.74 Å². The summed E-state index contributed by atoms with van der Waals surface area (Å²) in [7, 11) is 0. The Morgan fingerprint density at radius 3 is 3.00 bits per heavy atom. The summed E-state index contributed by atoms with van der Waals surface area (Å²) in [4.78, 5) is 1.99. The van der Waals surface area contributed by atoms with Gasteiger partial charge in [0.2, 0.25) is 0 Å². The van der Waals surface area contributed by atoms with Crippen LogP contribution in [-0.4, -0.2) is 36.0 Å². The van der Waals surface area contributed by atoms with Crippen molar-refractivity contribution in [1.29, 1.82) is 0 Å². The van der Waals surface area contributed by atoms with E-state index in [1.165, 1.54) is 0 Å². The van der Waals surface area contributed by atoms with Gasteiger partial charge >= 0.3 is 12.0 Å². The van der Waals surface area contributed by atoms with Crippen molar-refractivity contribution in [3.05, 3.63) is 0 Å². The summed E-state index contributed by atoms with van der Waals surface area (Å²) in [5, 5.41) is 7.42. The minimum atomic E-state index is 0.105. The number of hydrogen-bond donors (Lipinski definition) is 1. The van der Waals surface area contributed by atoms with Crippen molar-refractivity contribution in [3.8, 4) is 0 Å². The largest absolute Gasteiger partial charge is 0.390 e. The first kappa shape index (κ1) is 8.31. The minimum absolute atomic E-state index is 0.105. The zero-order valence-electron chi connectivity index (χ0n) is 7.43. The Hall–Kier alpha value is -1.30. The third kappa shape index (κ3) is 1.57. The van der Waals surface area contributed by atoms with Crippen molar-refractivity contribution < 1.29 is 9.15 Å². The molecule has 6 heteroatoms. The summed E-state index contributed by atoms with van der Waals surface area (Å²) in [6.45, 7) is 4.18. The van der Waals surface area contributed by atoms with Gasteiger partial charge in [-0.15, -0.1) is 0 Å². The maximum absolute atomic E-state index is 5.33. The van der Waals surface area contributed by atoms with E-state index in [2.05, 4.69) is 10.2 Å². The van der Waals surface area contributed by atoms with Crippen molar-refractivity contribution in [2.24, 2.45) is 0 Å². The van der Waals surface area contributed by atoms with E-state index in [-0.39, 0.29) is 12.1 Å². The maximum atomic E-state index is 5.33. The van der Waals surface area contributed by atoms with E-state index < -0.39 is 0 Å². The van der Waals surface area contributed by atoms with Crippen LogP contribution in [0.4, 0.5) is 12.0 Å². The van der Waals surface area contributed by atoms with E-state index in [1.807, 2.05) is 11.8 Å². The molecule has 2 rings (SSSR count). The predicted octanol–water partition coefficient (Wildman–Crippen LogP) is -0.123. The van der Waals surface area contributed by atoms with Crippen LogP contribution in [0.5, 0.6) is 0 Å². The molecule has 1 saturated heterocycles. The molecular weight excluding hydrogens is 172 g/mol. The van der Waals surface area contributed by atoms with Crippen molar-refractivity contribution >= 4 is 12.0 Å². The third-order valence-corrected chi connectivity index (χ3v) is 2.04. The van der Waals surface area contributed by atoms with Crippen LogP contribution < -0.4 is 10.6 Å². The fourth-order valence-electron chi connectivity index (χ4n) is 1.35. The zero-order chi connectivity index (χ0) is 9.26. The average Bonchev–Trinajstić information content (AvgIpc) is 2.53. The molecule has 0 aromatic carbocycles. The smallest absolute Gasteiger partial charge is 0.319 e. The van der Waals surface area contributed by atoms with Crippen LogP contribution in [0.15, 0.2) is 4.42 Å². The highest BCUT2D eigenvalue weighted by molar-refractivity contribution is 5.29. The summed E-state index contributed by atoms with van der Waals surface area (Å²) in [6, 6.07) is 0.843. The fraction of sp³-hybridized carbons (Fsp3) is 0.714. The van der Waals surface area contributed by atoms with Crippen LogP contribution in [0, 0.1) is 0 Å². The number of nitrogens with two attached hydrogens (primary N) is 1. The Labute approximate surface area is 75.7 Å². The quantitative estimate of drug-likeness (QED) is 0.655. The van der Waals surface area contributed by atoms with Gasteiger partial charge < -0.3 is 19.8 Å². The van der Waals surface area contributed by atoms with E-state index in [0.717, 1.165) is 6.54 Å². The van der Waals surface area contributed by atoms with Gasteiger partial charge in [-0.1, -0.05) is 10.2 Å². The molecule has 2 N–H and O–H groups in total. The number of hydrogen-bond acceptors (Lipinski definition) is 6. The number of nitrogen functional groups attached to an aromatic ring is 1. The first-order chi connectivity index (χ1) is 6.27. The first-order valence-corrected chi connectivity index (χ1v) is 4.21. The van der Waals surface area contributed by atoms with Crippen molar-refractivity contribution in [1.82, 2.24) is 10.2 Å². The normalized spacial score (nSPS) is 23.5. The zero-order valence-corrected chi connectivity index (χ0v) is 7.43. The molecule has 0 bridgehead atoms. The topological polar surface area (TPSA) is 77.4 Å². The van der Waals surface area contributed by atoms with Gasteiger partial charge in [-0.05, 0) is 6.92 Å². The van der Waals surface area contributed by atoms with Gasteiger partial charge in [0.15, 0.2) is 0 Å². The van der Waals surface area contributed by atoms with Crippen LogP contribution in [0.1, 0.15) is 6.92 Å². The number of nitrogens with zero attached hydrogens (tertiary/aromatic N) is 3. The van der Waals surface area contributed by atoms with Crippen molar-refractivity contribution in [2.45, 2.75) is 13.0 Å². The third-order valence-electron chi connectivity index (χ3n) is 2.04. The molecular formula is C7H12N4O2. The molecule has 0 amide bonds. The van der Waals surface area contributed by atoms with Gasteiger partial charge in [-0.2, -0.15) is 0 Å². The lowest BCUT2D eigenvalue weighted by Gasteiger charge is -2.31. The Bertz CT molecular complexity index is 288. The molecule has 1 aromatic heterocycles. The number of ether oxygens (including phenoxy) is 1. The second-order valence-electron chi connectivity index (χ2n) is 3.04. The second-order valence-corrected chi connectivity index (χ2v) is 3.04. The molecule has 0 aliphatic carbocycles. The van der Waals surface area contributed by atoms with Gasteiger partial charge in [0.05, 0.1) is 19.3 Å². The molecule has 1 fully saturated rings. The Kier molecular flexibility index (Phi) is 2.05. The lowest BCUT2D eigenvalue weighted by atomic mass is 10.3. The molecule has 6 nitrogen and oxygen atoms in total. The minimum Gasteiger partial charge on any atom is -0.390 e. The van der Waals surface area contributed by atoms with E-state index in [1.54, 1.807) is 0 Å². The maximum Gasteiger partial charge on any atom is 0.319 e. The molecule has 1 aliphatic heterocycles. The van der Waals surface area contributed by atoms with E-state index in [4.69, 9.17) is 14.9 Å². The van der Waals surface area contributed by atoms with Crippen molar-refractivity contribution in [3.63, 3.8) is 0 Å². The van der Waals surface area contributed by atoms with Crippen LogP contribution in [0.2, 0.25) is 0 Å². The highest BCUT2D eigenvalue weighted by Crippen LogP contribution is 2.18. The standard InChI is InChI=1S/C7H12N4O2/c1-5-4-12-3-2-11(5)7-10-9-6(8)13-7/h5H,2-4H2,1H3,(H2,8,9). The van der Waals surface area contributed by atoms with Crippen LogP contribution in [0.3, 0.4) is 0 Å². The monoisotopic (exact) mass is 184 g/mol. The summed E-state index contributed by atoms with van der Waals surface area (Å²) < 4.78 is 10.4. The van der Waals surface area contributed by atoms with Gasteiger partial charge in [0.1, 0.15) is 0 Å². The number of aromatic nitrogens is 2. The fourth-order valence-corrected chi connectivity index (χ4v) is 1.35. The highest BCUT2D eigenvalue weighted by Gasteiger charge is 2.23. The summed E-state index contributed by atoms with van der Waals surface area (Å²) in [6.07, 6.45) is 0. The van der Waals surface area contributed by atoms with E-state index in [0.29, 0.717) is 19.2 Å². The van der Waals surface area contributed by atoms with Crippen molar-refractivity contribution in [2.75, 3.05) is 30.4 Å². The Morgan fingerprint density at radius 2 is 2.38 bits per heavy atom. The number of anilines is 2. The van der Waals surface area contributed by atoms with E-state index in [9.17, 15) is 0 Å². The van der Waals surface area contributed by atoms with Gasteiger partial charge in [0.25, 0.3) is 0 Å². The SMILES string of the molecule is CC1COCCN1c1nnc(N)o1. The Balaban J connectivity index is 2.14. The predicted molar refractivity (Wildman–Crippen MR) is 46.3 cm³/mol. The molecule has 72 valence electrons. The molecule has 1 aliphatic rings. The molecule has 2 heterocycles. The summed E-state index contributed by atoms with van der Waals surface area (Å²) in [5.41, 5.74) is 5.33. The molecule has 0 saturated carbocycles. The number of rotatable bonds is 1. The number of morpholine rings is 1. The summed E-state index contributed by atoms with van der Waals surface area (Å²) in [5.74, 6) is 0. The lowest BCUT2D eigenvalue weighted by molar-refractivity contribution is 0.0962. The van der Waals surface area contributed by atoms with Gasteiger partial charge in [0, 0.05) is 6.54 Å².